The third-order valence-electron chi connectivity index (χ3n) is 4.00. The molecule has 0 bridgehead atoms. The lowest BCUT2D eigenvalue weighted by Gasteiger charge is -2.12. The number of nitrogens with zero attached hydrogens (tertiary/aromatic N) is 1. The zero-order valence-corrected chi connectivity index (χ0v) is 17.3. The number of halogens is 1. The molecular weight excluding hydrogens is 495 g/mol. The Morgan fingerprint density at radius 1 is 1.14 bits per heavy atom. The smallest absolute Gasteiger partial charge is 0.294 e. The number of anilines is 1. The molecule has 1 saturated heterocycles. The van der Waals surface area contributed by atoms with Crippen molar-refractivity contribution in [2.75, 3.05) is 18.7 Å². The summed E-state index contributed by atoms with van der Waals surface area (Å²) in [5.74, 6) is 0.181. The van der Waals surface area contributed by atoms with Crippen molar-refractivity contribution in [1.29, 1.82) is 0 Å². The summed E-state index contributed by atoms with van der Waals surface area (Å²) in [6, 6.07) is 12.5. The van der Waals surface area contributed by atoms with Gasteiger partial charge < -0.3 is 14.8 Å². The van der Waals surface area contributed by atoms with E-state index in [0.717, 1.165) is 25.8 Å². The van der Waals surface area contributed by atoms with E-state index in [2.05, 4.69) is 27.9 Å². The maximum absolute atomic E-state index is 12.5. The number of benzene rings is 2. The molecule has 3 amide bonds. The van der Waals surface area contributed by atoms with E-state index in [1.807, 2.05) is 24.3 Å². The number of carbonyl (C=O) groups excluding carboxylic acids is 3. The number of amides is 3. The molecule has 2 aromatic carbocycles. The molecule has 2 heterocycles. The first-order valence-corrected chi connectivity index (χ1v) is 10.1. The molecule has 1 fully saturated rings. The van der Waals surface area contributed by atoms with Crippen molar-refractivity contribution in [3.63, 3.8) is 0 Å². The molecule has 4 rings (SSSR count). The molecule has 0 unspecified atom stereocenters. The van der Waals surface area contributed by atoms with Crippen LogP contribution in [-0.2, 0) is 9.59 Å². The van der Waals surface area contributed by atoms with E-state index in [4.69, 9.17) is 9.47 Å². The number of rotatable bonds is 4. The molecule has 0 radical (unpaired) electrons. The average Bonchev–Trinajstić information content (AvgIpc) is 3.23. The van der Waals surface area contributed by atoms with Crippen LogP contribution < -0.4 is 14.8 Å². The van der Waals surface area contributed by atoms with Gasteiger partial charge >= 0.3 is 0 Å². The summed E-state index contributed by atoms with van der Waals surface area (Å²) in [6.07, 6.45) is 1.65. The zero-order chi connectivity index (χ0) is 19.7. The number of imide groups is 1. The maximum atomic E-state index is 12.5. The Bertz CT molecular complexity index is 1010. The maximum Gasteiger partial charge on any atom is 0.294 e. The molecular formula is C19H13IN2O5S. The highest BCUT2D eigenvalue weighted by Crippen LogP contribution is 2.35. The standard InChI is InChI=1S/C19H13IN2O5S/c20-12-3-1-11(2-4-12)7-16-18(24)22(19(25)28-16)9-17(23)21-13-5-6-14-15(8-13)27-10-26-14/h1-8H,9-10H2,(H,21,23)/b16-7-. The van der Waals surface area contributed by atoms with E-state index < -0.39 is 17.1 Å². The number of carbonyl (C=O) groups is 3. The number of nitrogens with one attached hydrogen (secondary N) is 1. The second-order valence-electron chi connectivity index (χ2n) is 5.94. The van der Waals surface area contributed by atoms with Crippen molar-refractivity contribution in [3.05, 3.63) is 56.5 Å². The van der Waals surface area contributed by atoms with Gasteiger partial charge in [0.1, 0.15) is 6.54 Å². The molecule has 0 aromatic heterocycles. The van der Waals surface area contributed by atoms with Gasteiger partial charge in [-0.2, -0.15) is 0 Å². The van der Waals surface area contributed by atoms with E-state index >= 15 is 0 Å². The van der Waals surface area contributed by atoms with Gasteiger partial charge in [0, 0.05) is 15.3 Å². The fourth-order valence-electron chi connectivity index (χ4n) is 2.67. The highest BCUT2D eigenvalue weighted by molar-refractivity contribution is 14.1. The molecule has 9 heteroatoms. The summed E-state index contributed by atoms with van der Waals surface area (Å²) in [5.41, 5.74) is 1.31. The molecule has 0 spiro atoms. The normalized spacial score (nSPS) is 16.8. The highest BCUT2D eigenvalue weighted by atomic mass is 127. The highest BCUT2D eigenvalue weighted by Gasteiger charge is 2.36. The van der Waals surface area contributed by atoms with Crippen LogP contribution in [0.15, 0.2) is 47.4 Å². The van der Waals surface area contributed by atoms with Gasteiger partial charge in [-0.15, -0.1) is 0 Å². The van der Waals surface area contributed by atoms with Crippen LogP contribution in [0.25, 0.3) is 6.08 Å². The van der Waals surface area contributed by atoms with Gasteiger partial charge in [-0.3, -0.25) is 19.3 Å². The number of thioether (sulfide) groups is 1. The van der Waals surface area contributed by atoms with Gasteiger partial charge in [0.2, 0.25) is 12.7 Å². The largest absolute Gasteiger partial charge is 0.454 e. The lowest BCUT2D eigenvalue weighted by atomic mass is 10.2. The molecule has 0 atom stereocenters. The van der Waals surface area contributed by atoms with Crippen LogP contribution in [0.3, 0.4) is 0 Å². The van der Waals surface area contributed by atoms with Gasteiger partial charge in [-0.05, 0) is 70.3 Å². The average molecular weight is 508 g/mol. The summed E-state index contributed by atoms with van der Waals surface area (Å²) in [4.78, 5) is 38.2. The van der Waals surface area contributed by atoms with Crippen molar-refractivity contribution in [3.8, 4) is 11.5 Å². The fourth-order valence-corrected chi connectivity index (χ4v) is 3.86. The van der Waals surface area contributed by atoms with Crippen LogP contribution in [0.4, 0.5) is 10.5 Å². The Hall–Kier alpha value is -2.53. The van der Waals surface area contributed by atoms with Crippen molar-refractivity contribution in [2.24, 2.45) is 0 Å². The molecule has 2 aromatic rings. The number of fused-ring (bicyclic) bond motifs is 1. The molecule has 7 nitrogen and oxygen atoms in total. The van der Waals surface area contributed by atoms with Crippen LogP contribution in [0, 0.1) is 3.57 Å². The van der Waals surface area contributed by atoms with Gasteiger partial charge in [0.05, 0.1) is 4.91 Å². The Morgan fingerprint density at radius 3 is 2.68 bits per heavy atom. The third kappa shape index (κ3) is 3.99. The quantitative estimate of drug-likeness (QED) is 0.501. The number of hydrogen-bond acceptors (Lipinski definition) is 6. The molecule has 142 valence electrons. The van der Waals surface area contributed by atoms with E-state index in [0.29, 0.717) is 22.1 Å². The first kappa shape index (κ1) is 18.8. The van der Waals surface area contributed by atoms with Crippen LogP contribution in [0.5, 0.6) is 11.5 Å². The van der Waals surface area contributed by atoms with Crippen molar-refractivity contribution in [1.82, 2.24) is 4.90 Å². The fraction of sp³-hybridized carbons (Fsp3) is 0.105. The van der Waals surface area contributed by atoms with Gasteiger partial charge in [0.25, 0.3) is 11.1 Å². The minimum atomic E-state index is -0.477. The van der Waals surface area contributed by atoms with Gasteiger partial charge in [-0.1, -0.05) is 12.1 Å². The van der Waals surface area contributed by atoms with E-state index in [9.17, 15) is 14.4 Å². The molecule has 2 aliphatic rings. The van der Waals surface area contributed by atoms with Crippen LogP contribution >= 0.6 is 34.4 Å². The summed E-state index contributed by atoms with van der Waals surface area (Å²) in [7, 11) is 0. The summed E-state index contributed by atoms with van der Waals surface area (Å²) in [6.45, 7) is -0.223. The Kier molecular flexibility index (Phi) is 5.27. The molecule has 28 heavy (non-hydrogen) atoms. The predicted molar refractivity (Wildman–Crippen MR) is 113 cm³/mol. The Morgan fingerprint density at radius 2 is 1.89 bits per heavy atom. The van der Waals surface area contributed by atoms with E-state index in [-0.39, 0.29) is 13.3 Å². The number of hydrogen-bond donors (Lipinski definition) is 1. The second-order valence-corrected chi connectivity index (χ2v) is 8.17. The van der Waals surface area contributed by atoms with Crippen LogP contribution in [0.2, 0.25) is 0 Å². The number of ether oxygens (including phenoxy) is 2. The van der Waals surface area contributed by atoms with Gasteiger partial charge in [0.15, 0.2) is 11.5 Å². The van der Waals surface area contributed by atoms with Crippen molar-refractivity contribution >= 4 is 63.2 Å². The third-order valence-corrected chi connectivity index (χ3v) is 5.63. The lowest BCUT2D eigenvalue weighted by molar-refractivity contribution is -0.127. The van der Waals surface area contributed by atoms with Crippen LogP contribution in [-0.4, -0.2) is 35.3 Å². The van der Waals surface area contributed by atoms with Gasteiger partial charge in [-0.25, -0.2) is 0 Å². The molecule has 2 aliphatic heterocycles. The SMILES string of the molecule is O=C(CN1C(=O)S/C(=C\c2ccc(I)cc2)C1=O)Nc1ccc2c(c1)OCO2. The minimum Gasteiger partial charge on any atom is -0.454 e. The molecule has 1 N–H and O–H groups in total. The Balaban J connectivity index is 1.42. The van der Waals surface area contributed by atoms with Crippen LogP contribution in [0.1, 0.15) is 5.56 Å². The first-order valence-electron chi connectivity index (χ1n) is 8.20. The van der Waals surface area contributed by atoms with E-state index in [1.165, 1.54) is 0 Å². The first-order chi connectivity index (χ1) is 13.5. The predicted octanol–water partition coefficient (Wildman–Crippen LogP) is 3.69. The summed E-state index contributed by atoms with van der Waals surface area (Å²) >= 11 is 3.01. The summed E-state index contributed by atoms with van der Waals surface area (Å²) in [5, 5.41) is 2.19. The zero-order valence-electron chi connectivity index (χ0n) is 14.3. The molecule has 0 aliphatic carbocycles. The molecule has 0 saturated carbocycles. The lowest BCUT2D eigenvalue weighted by Crippen LogP contribution is -2.36. The van der Waals surface area contributed by atoms with E-state index in [1.54, 1.807) is 24.3 Å². The Labute approximate surface area is 178 Å². The summed E-state index contributed by atoms with van der Waals surface area (Å²) < 4.78 is 11.6. The monoisotopic (exact) mass is 508 g/mol. The van der Waals surface area contributed by atoms with Crippen molar-refractivity contribution < 1.29 is 23.9 Å². The second kappa shape index (κ2) is 7.84. The van der Waals surface area contributed by atoms with Crippen molar-refractivity contribution in [2.45, 2.75) is 0 Å². The topological polar surface area (TPSA) is 84.9 Å². The minimum absolute atomic E-state index is 0.135.